The Morgan fingerprint density at radius 1 is 1.40 bits per heavy atom. The fraction of sp³-hybridized carbons (Fsp3) is 0.667. The van der Waals surface area contributed by atoms with Crippen LogP contribution in [-0.4, -0.2) is 20.3 Å². The van der Waals surface area contributed by atoms with E-state index in [-0.39, 0.29) is 6.10 Å². The average Bonchev–Trinajstić information content (AvgIpc) is 2.60. The summed E-state index contributed by atoms with van der Waals surface area (Å²) in [5, 5.41) is 5.56. The molecular formula is C12H21NOS. The molecule has 1 rings (SSSR count). The number of likely N-dealkylation sites (N-methyl/N-ethyl adjacent to an activating group) is 1. The normalized spacial score (nSPS) is 15.6. The lowest BCUT2D eigenvalue weighted by Gasteiger charge is -2.28. The highest BCUT2D eigenvalue weighted by Crippen LogP contribution is 2.27. The lowest BCUT2D eigenvalue weighted by Crippen LogP contribution is -2.34. The topological polar surface area (TPSA) is 21.3 Å². The Morgan fingerprint density at radius 2 is 2.07 bits per heavy atom. The molecule has 0 saturated heterocycles. The van der Waals surface area contributed by atoms with Gasteiger partial charge in [-0.1, -0.05) is 13.8 Å². The summed E-state index contributed by atoms with van der Waals surface area (Å²) in [5.74, 6) is 0.507. The van der Waals surface area contributed by atoms with E-state index in [0.717, 1.165) is 0 Å². The largest absolute Gasteiger partial charge is 0.379 e. The Balaban J connectivity index is 2.86. The van der Waals surface area contributed by atoms with Crippen LogP contribution in [0.4, 0.5) is 0 Å². The first kappa shape index (κ1) is 12.7. The van der Waals surface area contributed by atoms with Crippen molar-refractivity contribution in [2.45, 2.75) is 32.9 Å². The van der Waals surface area contributed by atoms with Crippen LogP contribution >= 0.6 is 11.3 Å². The zero-order valence-corrected chi connectivity index (χ0v) is 11.0. The maximum atomic E-state index is 5.57. The monoisotopic (exact) mass is 227 g/mol. The smallest absolute Gasteiger partial charge is 0.0788 e. The van der Waals surface area contributed by atoms with Crippen molar-refractivity contribution >= 4 is 11.3 Å². The van der Waals surface area contributed by atoms with Crippen LogP contribution in [0.2, 0.25) is 0 Å². The molecule has 15 heavy (non-hydrogen) atoms. The Morgan fingerprint density at radius 3 is 2.40 bits per heavy atom. The molecule has 0 amide bonds. The average molecular weight is 227 g/mol. The van der Waals surface area contributed by atoms with Crippen molar-refractivity contribution in [3.05, 3.63) is 21.9 Å². The molecule has 2 atom stereocenters. The minimum atomic E-state index is 0.226. The van der Waals surface area contributed by atoms with Crippen molar-refractivity contribution in [1.29, 1.82) is 0 Å². The van der Waals surface area contributed by atoms with E-state index in [1.54, 1.807) is 18.4 Å². The quantitative estimate of drug-likeness (QED) is 0.835. The van der Waals surface area contributed by atoms with Gasteiger partial charge in [0.15, 0.2) is 0 Å². The molecule has 0 radical (unpaired) electrons. The van der Waals surface area contributed by atoms with Gasteiger partial charge in [0, 0.05) is 12.0 Å². The first-order chi connectivity index (χ1) is 7.10. The summed E-state index contributed by atoms with van der Waals surface area (Å²) in [6, 6.07) is 2.53. The SMILES string of the molecule is CNC(c1csc(C)c1)C(OC)C(C)C. The lowest BCUT2D eigenvalue weighted by molar-refractivity contribution is 0.0349. The van der Waals surface area contributed by atoms with E-state index in [2.05, 4.69) is 37.5 Å². The second-order valence-corrected chi connectivity index (χ2v) is 5.32. The van der Waals surface area contributed by atoms with Crippen molar-refractivity contribution in [3.63, 3.8) is 0 Å². The predicted molar refractivity (Wildman–Crippen MR) is 66.5 cm³/mol. The number of rotatable bonds is 5. The summed E-state index contributed by atoms with van der Waals surface area (Å²) in [6.07, 6.45) is 0.226. The molecule has 0 aliphatic rings. The third-order valence-corrected chi connectivity index (χ3v) is 3.56. The van der Waals surface area contributed by atoms with Gasteiger partial charge in [0.1, 0.15) is 0 Å². The molecule has 0 fully saturated rings. The van der Waals surface area contributed by atoms with Crippen LogP contribution in [-0.2, 0) is 4.74 Å². The van der Waals surface area contributed by atoms with Crippen molar-refractivity contribution in [2.24, 2.45) is 5.92 Å². The standard InChI is InChI=1S/C12H21NOS/c1-8(2)12(14-5)11(13-4)10-6-9(3)15-7-10/h6-8,11-13H,1-5H3. The summed E-state index contributed by atoms with van der Waals surface area (Å²) < 4.78 is 5.57. The molecule has 1 N–H and O–H groups in total. The lowest BCUT2D eigenvalue weighted by atomic mass is 9.95. The molecule has 2 unspecified atom stereocenters. The fourth-order valence-corrected chi connectivity index (χ4v) is 2.68. The molecule has 0 saturated carbocycles. The maximum Gasteiger partial charge on any atom is 0.0788 e. The van der Waals surface area contributed by atoms with Gasteiger partial charge in [-0.05, 0) is 36.9 Å². The van der Waals surface area contributed by atoms with Crippen LogP contribution in [0.1, 0.15) is 30.3 Å². The van der Waals surface area contributed by atoms with Crippen LogP contribution in [0.25, 0.3) is 0 Å². The third-order valence-electron chi connectivity index (χ3n) is 2.68. The first-order valence-electron chi connectivity index (χ1n) is 5.35. The van der Waals surface area contributed by atoms with Crippen molar-refractivity contribution in [2.75, 3.05) is 14.2 Å². The van der Waals surface area contributed by atoms with Crippen LogP contribution in [0.15, 0.2) is 11.4 Å². The van der Waals surface area contributed by atoms with Gasteiger partial charge < -0.3 is 10.1 Å². The number of aryl methyl sites for hydroxylation is 1. The van der Waals surface area contributed by atoms with Gasteiger partial charge >= 0.3 is 0 Å². The van der Waals surface area contributed by atoms with E-state index in [1.165, 1.54) is 10.4 Å². The molecule has 0 aliphatic carbocycles. The molecule has 1 heterocycles. The van der Waals surface area contributed by atoms with Crippen LogP contribution in [0.5, 0.6) is 0 Å². The van der Waals surface area contributed by atoms with Crippen molar-refractivity contribution in [1.82, 2.24) is 5.32 Å². The zero-order chi connectivity index (χ0) is 11.4. The first-order valence-corrected chi connectivity index (χ1v) is 6.23. The number of hydrogen-bond acceptors (Lipinski definition) is 3. The molecule has 2 nitrogen and oxygen atoms in total. The minimum absolute atomic E-state index is 0.226. The van der Waals surface area contributed by atoms with Gasteiger partial charge in [0.25, 0.3) is 0 Å². The highest BCUT2D eigenvalue weighted by molar-refractivity contribution is 7.10. The molecule has 1 aromatic rings. The third kappa shape index (κ3) is 3.03. The van der Waals surface area contributed by atoms with Gasteiger partial charge in [-0.2, -0.15) is 0 Å². The van der Waals surface area contributed by atoms with E-state index >= 15 is 0 Å². The van der Waals surface area contributed by atoms with Crippen LogP contribution in [0, 0.1) is 12.8 Å². The number of nitrogens with one attached hydrogen (secondary N) is 1. The van der Waals surface area contributed by atoms with Crippen molar-refractivity contribution < 1.29 is 4.74 Å². The van der Waals surface area contributed by atoms with Crippen LogP contribution in [0.3, 0.4) is 0 Å². The molecule has 0 aromatic carbocycles. The molecule has 3 heteroatoms. The molecule has 0 bridgehead atoms. The number of ether oxygens (including phenoxy) is 1. The molecule has 86 valence electrons. The van der Waals surface area contributed by atoms with E-state index < -0.39 is 0 Å². The number of methoxy groups -OCH3 is 1. The molecular weight excluding hydrogens is 206 g/mol. The Labute approximate surface area is 96.7 Å². The predicted octanol–water partition coefficient (Wildman–Crippen LogP) is 2.99. The summed E-state index contributed by atoms with van der Waals surface area (Å²) in [5.41, 5.74) is 1.33. The van der Waals surface area contributed by atoms with Gasteiger partial charge in [-0.25, -0.2) is 0 Å². The Kier molecular flexibility index (Phi) is 4.77. The second kappa shape index (κ2) is 5.64. The van der Waals surface area contributed by atoms with Crippen LogP contribution < -0.4 is 5.32 Å². The summed E-state index contributed by atoms with van der Waals surface area (Å²) in [7, 11) is 3.78. The van der Waals surface area contributed by atoms with Gasteiger partial charge in [-0.3, -0.25) is 0 Å². The molecule has 0 aliphatic heterocycles. The van der Waals surface area contributed by atoms with Gasteiger partial charge in [-0.15, -0.1) is 11.3 Å². The minimum Gasteiger partial charge on any atom is -0.379 e. The van der Waals surface area contributed by atoms with E-state index in [4.69, 9.17) is 4.74 Å². The highest BCUT2D eigenvalue weighted by Gasteiger charge is 2.24. The zero-order valence-electron chi connectivity index (χ0n) is 10.2. The number of thiophene rings is 1. The van der Waals surface area contributed by atoms with Crippen molar-refractivity contribution in [3.8, 4) is 0 Å². The Bertz CT molecular complexity index is 296. The van der Waals surface area contributed by atoms with Gasteiger partial charge in [0.2, 0.25) is 0 Å². The second-order valence-electron chi connectivity index (χ2n) is 4.20. The summed E-state index contributed by atoms with van der Waals surface area (Å²) in [4.78, 5) is 1.35. The summed E-state index contributed by atoms with van der Waals surface area (Å²) >= 11 is 1.79. The maximum absolute atomic E-state index is 5.57. The fourth-order valence-electron chi connectivity index (χ4n) is 1.94. The molecule has 0 spiro atoms. The Hall–Kier alpha value is -0.380. The van der Waals surface area contributed by atoms with E-state index in [9.17, 15) is 0 Å². The highest BCUT2D eigenvalue weighted by atomic mass is 32.1. The molecule has 1 aromatic heterocycles. The number of hydrogen-bond donors (Lipinski definition) is 1. The summed E-state index contributed by atoms with van der Waals surface area (Å²) in [6.45, 7) is 6.52. The van der Waals surface area contributed by atoms with Gasteiger partial charge in [0.05, 0.1) is 12.1 Å². The van der Waals surface area contributed by atoms with E-state index in [1.807, 2.05) is 7.05 Å². The van der Waals surface area contributed by atoms with E-state index in [0.29, 0.717) is 12.0 Å².